The Labute approximate surface area is 101 Å². The lowest BCUT2D eigenvalue weighted by molar-refractivity contribution is 0.0696. The molecule has 1 rings (SSSR count). The van der Waals surface area contributed by atoms with Crippen LogP contribution in [0, 0.1) is 0 Å². The maximum Gasteiger partial charge on any atom is 0.335 e. The lowest BCUT2D eigenvalue weighted by Gasteiger charge is -2.21. The van der Waals surface area contributed by atoms with Gasteiger partial charge >= 0.3 is 5.97 Å². The van der Waals surface area contributed by atoms with Gasteiger partial charge in [0.25, 0.3) is 0 Å². The van der Waals surface area contributed by atoms with Crippen molar-refractivity contribution in [3.8, 4) is 0 Å². The summed E-state index contributed by atoms with van der Waals surface area (Å²) in [6.07, 6.45) is 0. The van der Waals surface area contributed by atoms with Crippen LogP contribution in [0.25, 0.3) is 0 Å². The molecular weight excluding hydrogens is 242 g/mol. The molecule has 0 aliphatic carbocycles. The van der Waals surface area contributed by atoms with Crippen LogP contribution in [0.3, 0.4) is 0 Å². The predicted molar refractivity (Wildman–Crippen MR) is 63.5 cm³/mol. The van der Waals surface area contributed by atoms with E-state index in [0.29, 0.717) is 0 Å². The quantitative estimate of drug-likeness (QED) is 0.885. The number of carbonyl (C=O) groups is 1. The molecular formula is C11H15NO4S. The number of nitrogens with zero attached hydrogens (tertiary/aromatic N) is 1. The summed E-state index contributed by atoms with van der Waals surface area (Å²) >= 11 is 0. The molecule has 5 nitrogen and oxygen atoms in total. The lowest BCUT2D eigenvalue weighted by Crippen LogP contribution is -2.33. The van der Waals surface area contributed by atoms with Crippen LogP contribution in [0.2, 0.25) is 0 Å². The van der Waals surface area contributed by atoms with Gasteiger partial charge < -0.3 is 5.11 Å². The molecule has 1 aromatic carbocycles. The number of aromatic carboxylic acids is 1. The van der Waals surface area contributed by atoms with Gasteiger partial charge in [-0.3, -0.25) is 0 Å². The first kappa shape index (κ1) is 13.7. The van der Waals surface area contributed by atoms with Gasteiger partial charge in [0, 0.05) is 13.1 Å². The molecule has 1 N–H and O–H groups in total. The number of rotatable bonds is 4. The SMILES string of the molecule is CC(C)N(C)S(=O)(=O)c1cccc(C(=O)O)c1. The molecule has 94 valence electrons. The first-order chi connectivity index (χ1) is 7.76. The van der Waals surface area contributed by atoms with Crippen molar-refractivity contribution < 1.29 is 18.3 Å². The van der Waals surface area contributed by atoms with Gasteiger partial charge in [0.15, 0.2) is 0 Å². The number of carboxylic acids is 1. The second-order valence-electron chi connectivity index (χ2n) is 3.95. The normalized spacial score (nSPS) is 12.1. The van der Waals surface area contributed by atoms with Crippen molar-refractivity contribution in [3.05, 3.63) is 29.8 Å². The van der Waals surface area contributed by atoms with Gasteiger partial charge in [-0.1, -0.05) is 6.07 Å². The lowest BCUT2D eigenvalue weighted by atomic mass is 10.2. The van der Waals surface area contributed by atoms with E-state index < -0.39 is 16.0 Å². The van der Waals surface area contributed by atoms with E-state index in [-0.39, 0.29) is 16.5 Å². The number of sulfonamides is 1. The minimum absolute atomic E-state index is 0.00593. The van der Waals surface area contributed by atoms with Crippen LogP contribution in [-0.2, 0) is 10.0 Å². The average molecular weight is 257 g/mol. The minimum Gasteiger partial charge on any atom is -0.478 e. The number of hydrogen-bond donors (Lipinski definition) is 1. The molecule has 0 radical (unpaired) electrons. The molecule has 17 heavy (non-hydrogen) atoms. The molecule has 0 atom stereocenters. The average Bonchev–Trinajstić information content (AvgIpc) is 2.28. The molecule has 0 saturated carbocycles. The van der Waals surface area contributed by atoms with Crippen LogP contribution < -0.4 is 0 Å². The fourth-order valence-electron chi connectivity index (χ4n) is 1.23. The topological polar surface area (TPSA) is 74.7 Å². The molecule has 1 aromatic rings. The standard InChI is InChI=1S/C11H15NO4S/c1-8(2)12(3)17(15,16)10-6-4-5-9(7-10)11(13)14/h4-8H,1-3H3,(H,13,14). The third-order valence-corrected chi connectivity index (χ3v) is 4.51. The number of hydrogen-bond acceptors (Lipinski definition) is 3. The molecule has 0 heterocycles. The molecule has 0 saturated heterocycles. The van der Waals surface area contributed by atoms with E-state index in [1.807, 2.05) is 0 Å². The van der Waals surface area contributed by atoms with Crippen molar-refractivity contribution in [2.75, 3.05) is 7.05 Å². The van der Waals surface area contributed by atoms with Crippen LogP contribution in [0.5, 0.6) is 0 Å². The van der Waals surface area contributed by atoms with Crippen molar-refractivity contribution in [1.29, 1.82) is 0 Å². The zero-order valence-electron chi connectivity index (χ0n) is 9.91. The molecule has 0 aliphatic heterocycles. The summed E-state index contributed by atoms with van der Waals surface area (Å²) in [5.74, 6) is -1.14. The molecule has 0 fully saturated rings. The Kier molecular flexibility index (Phi) is 3.90. The number of benzene rings is 1. The van der Waals surface area contributed by atoms with Gasteiger partial charge in [0.05, 0.1) is 10.5 Å². The first-order valence-corrected chi connectivity index (χ1v) is 6.52. The second-order valence-corrected chi connectivity index (χ2v) is 5.95. The Hall–Kier alpha value is -1.40. The van der Waals surface area contributed by atoms with Gasteiger partial charge in [-0.2, -0.15) is 4.31 Å². The Bertz CT molecular complexity index is 522. The summed E-state index contributed by atoms with van der Waals surface area (Å²) in [7, 11) is -2.16. The Morgan fingerprint density at radius 3 is 2.41 bits per heavy atom. The van der Waals surface area contributed by atoms with Crippen LogP contribution in [0.4, 0.5) is 0 Å². The van der Waals surface area contributed by atoms with E-state index in [9.17, 15) is 13.2 Å². The summed E-state index contributed by atoms with van der Waals surface area (Å²) in [4.78, 5) is 10.8. The van der Waals surface area contributed by atoms with Crippen LogP contribution in [-0.4, -0.2) is 36.9 Å². The molecule has 0 aromatic heterocycles. The van der Waals surface area contributed by atoms with Crippen molar-refractivity contribution in [1.82, 2.24) is 4.31 Å². The largest absolute Gasteiger partial charge is 0.478 e. The monoisotopic (exact) mass is 257 g/mol. The molecule has 0 aliphatic rings. The zero-order valence-corrected chi connectivity index (χ0v) is 10.7. The summed E-state index contributed by atoms with van der Waals surface area (Å²) in [5.41, 5.74) is -0.0387. The highest BCUT2D eigenvalue weighted by Crippen LogP contribution is 2.17. The van der Waals surface area contributed by atoms with Crippen LogP contribution >= 0.6 is 0 Å². The third kappa shape index (κ3) is 2.83. The Balaban J connectivity index is 3.25. The van der Waals surface area contributed by atoms with Gasteiger partial charge in [0.1, 0.15) is 0 Å². The fraction of sp³-hybridized carbons (Fsp3) is 0.364. The predicted octanol–water partition coefficient (Wildman–Crippen LogP) is 1.41. The van der Waals surface area contributed by atoms with E-state index >= 15 is 0 Å². The molecule has 0 amide bonds. The molecule has 0 spiro atoms. The maximum absolute atomic E-state index is 12.1. The second kappa shape index (κ2) is 4.85. The van der Waals surface area contributed by atoms with E-state index in [1.54, 1.807) is 13.8 Å². The van der Waals surface area contributed by atoms with E-state index in [0.717, 1.165) is 6.07 Å². The van der Waals surface area contributed by atoms with Crippen LogP contribution in [0.15, 0.2) is 29.2 Å². The van der Waals surface area contributed by atoms with Gasteiger partial charge in [-0.15, -0.1) is 0 Å². The highest BCUT2D eigenvalue weighted by Gasteiger charge is 2.23. The smallest absolute Gasteiger partial charge is 0.335 e. The molecule has 0 bridgehead atoms. The van der Waals surface area contributed by atoms with Crippen molar-refractivity contribution in [2.45, 2.75) is 24.8 Å². The summed E-state index contributed by atoms with van der Waals surface area (Å²) in [5, 5.41) is 8.81. The van der Waals surface area contributed by atoms with Crippen molar-refractivity contribution in [2.24, 2.45) is 0 Å². The summed E-state index contributed by atoms with van der Waals surface area (Å²) < 4.78 is 25.4. The zero-order chi connectivity index (χ0) is 13.2. The minimum atomic E-state index is -3.62. The van der Waals surface area contributed by atoms with E-state index in [4.69, 9.17) is 5.11 Å². The van der Waals surface area contributed by atoms with Crippen molar-refractivity contribution >= 4 is 16.0 Å². The Morgan fingerprint density at radius 2 is 1.94 bits per heavy atom. The van der Waals surface area contributed by atoms with Gasteiger partial charge in [-0.05, 0) is 32.0 Å². The third-order valence-electron chi connectivity index (χ3n) is 2.49. The van der Waals surface area contributed by atoms with Crippen molar-refractivity contribution in [3.63, 3.8) is 0 Å². The summed E-state index contributed by atoms with van der Waals surface area (Å²) in [6, 6.07) is 5.15. The van der Waals surface area contributed by atoms with Gasteiger partial charge in [0.2, 0.25) is 10.0 Å². The van der Waals surface area contributed by atoms with Gasteiger partial charge in [-0.25, -0.2) is 13.2 Å². The van der Waals surface area contributed by atoms with E-state index in [1.165, 1.54) is 29.6 Å². The number of carboxylic acid groups (broad SMARTS) is 1. The summed E-state index contributed by atoms with van der Waals surface area (Å²) in [6.45, 7) is 3.50. The first-order valence-electron chi connectivity index (χ1n) is 5.08. The highest BCUT2D eigenvalue weighted by molar-refractivity contribution is 7.89. The van der Waals surface area contributed by atoms with Crippen LogP contribution in [0.1, 0.15) is 24.2 Å². The Morgan fingerprint density at radius 1 is 1.35 bits per heavy atom. The van der Waals surface area contributed by atoms with E-state index in [2.05, 4.69) is 0 Å². The highest BCUT2D eigenvalue weighted by atomic mass is 32.2. The maximum atomic E-state index is 12.1. The fourth-order valence-corrected chi connectivity index (χ4v) is 2.65. The molecule has 0 unspecified atom stereocenters. The molecule has 6 heteroatoms.